The Balaban J connectivity index is 1.67. The predicted octanol–water partition coefficient (Wildman–Crippen LogP) is 3.43. The summed E-state index contributed by atoms with van der Waals surface area (Å²) in [5, 5.41) is 1.26. The van der Waals surface area contributed by atoms with Crippen LogP contribution in [0.4, 0.5) is 0 Å². The van der Waals surface area contributed by atoms with Gasteiger partial charge >= 0.3 is 5.97 Å². The first kappa shape index (κ1) is 19.1. The van der Waals surface area contributed by atoms with Crippen molar-refractivity contribution in [1.29, 1.82) is 0 Å². The van der Waals surface area contributed by atoms with Gasteiger partial charge in [0, 0.05) is 18.5 Å². The Hall–Kier alpha value is -1.66. The number of carbonyl (C=O) groups is 1. The molecule has 1 heterocycles. The molecule has 0 bridgehead atoms. The van der Waals surface area contributed by atoms with Gasteiger partial charge in [0.2, 0.25) is 10.0 Å². The smallest absolute Gasteiger partial charge is 0.312 e. The van der Waals surface area contributed by atoms with Gasteiger partial charge in [0.15, 0.2) is 0 Å². The first-order valence-corrected chi connectivity index (χ1v) is 10.9. The number of piperidine rings is 1. The Morgan fingerprint density at radius 1 is 1.23 bits per heavy atom. The third-order valence-electron chi connectivity index (χ3n) is 5.36. The molecule has 0 amide bonds. The van der Waals surface area contributed by atoms with E-state index in [1.807, 2.05) is 37.3 Å². The van der Waals surface area contributed by atoms with Crippen LogP contribution in [0.1, 0.15) is 44.6 Å². The average molecular weight is 378 g/mol. The molecule has 1 saturated heterocycles. The van der Waals surface area contributed by atoms with Crippen LogP contribution in [0.5, 0.6) is 0 Å². The number of hydrogen-bond acceptors (Lipinski definition) is 4. The monoisotopic (exact) mass is 377 g/mol. The van der Waals surface area contributed by atoms with Crippen LogP contribution in [0.25, 0.3) is 6.08 Å². The Morgan fingerprint density at radius 3 is 2.46 bits per heavy atom. The summed E-state index contributed by atoms with van der Waals surface area (Å²) in [7, 11) is -3.48. The molecule has 1 aliphatic carbocycles. The van der Waals surface area contributed by atoms with E-state index in [0.717, 1.165) is 12.0 Å². The molecule has 26 heavy (non-hydrogen) atoms. The second-order valence-electron chi connectivity index (χ2n) is 7.31. The molecule has 2 fully saturated rings. The quantitative estimate of drug-likeness (QED) is 0.683. The molecule has 0 spiro atoms. The van der Waals surface area contributed by atoms with E-state index in [4.69, 9.17) is 4.74 Å². The third-order valence-corrected chi connectivity index (χ3v) is 6.92. The molecule has 0 radical (unpaired) electrons. The van der Waals surface area contributed by atoms with Crippen molar-refractivity contribution in [3.8, 4) is 0 Å². The molecule has 1 saturated carbocycles. The van der Waals surface area contributed by atoms with E-state index < -0.39 is 15.4 Å². The van der Waals surface area contributed by atoms with Gasteiger partial charge in [0.05, 0.1) is 12.0 Å². The highest BCUT2D eigenvalue weighted by molar-refractivity contribution is 7.92. The van der Waals surface area contributed by atoms with E-state index in [2.05, 4.69) is 0 Å². The lowest BCUT2D eigenvalue weighted by molar-refractivity contribution is -0.158. The summed E-state index contributed by atoms with van der Waals surface area (Å²) in [6, 6.07) is 9.37. The molecule has 1 aromatic rings. The van der Waals surface area contributed by atoms with Crippen LogP contribution in [-0.4, -0.2) is 38.4 Å². The zero-order valence-corrected chi connectivity index (χ0v) is 16.1. The molecule has 2 aliphatic rings. The summed E-state index contributed by atoms with van der Waals surface area (Å²) in [6.45, 7) is 2.92. The Bertz CT molecular complexity index is 745. The van der Waals surface area contributed by atoms with Crippen molar-refractivity contribution in [3.63, 3.8) is 0 Å². The normalized spacial score (nSPS) is 21.0. The molecule has 1 aliphatic heterocycles. The number of benzene rings is 1. The molecular weight excluding hydrogens is 350 g/mol. The van der Waals surface area contributed by atoms with E-state index in [-0.39, 0.29) is 5.97 Å². The SMILES string of the molecule is CCOC(=O)C1(CC2CC2)CCN(S(=O)(=O)/C=C/c2ccccc2)CC1. The minimum atomic E-state index is -3.48. The zero-order chi connectivity index (χ0) is 18.6. The van der Waals surface area contributed by atoms with Crippen molar-refractivity contribution in [2.24, 2.45) is 11.3 Å². The van der Waals surface area contributed by atoms with Gasteiger partial charge in [-0.1, -0.05) is 43.2 Å². The van der Waals surface area contributed by atoms with Crippen molar-refractivity contribution in [1.82, 2.24) is 4.31 Å². The second-order valence-corrected chi connectivity index (χ2v) is 9.12. The van der Waals surface area contributed by atoms with Gasteiger partial charge in [-0.3, -0.25) is 4.79 Å². The van der Waals surface area contributed by atoms with Crippen LogP contribution >= 0.6 is 0 Å². The first-order chi connectivity index (χ1) is 12.5. The molecular formula is C20H27NO4S. The number of hydrogen-bond donors (Lipinski definition) is 0. The molecule has 142 valence electrons. The fourth-order valence-corrected chi connectivity index (χ4v) is 4.83. The fraction of sp³-hybridized carbons (Fsp3) is 0.550. The highest BCUT2D eigenvalue weighted by atomic mass is 32.2. The van der Waals surface area contributed by atoms with Gasteiger partial charge in [-0.05, 0) is 43.7 Å². The van der Waals surface area contributed by atoms with Gasteiger partial charge in [0.25, 0.3) is 0 Å². The van der Waals surface area contributed by atoms with Gasteiger partial charge in [0.1, 0.15) is 0 Å². The number of rotatable bonds is 7. The summed E-state index contributed by atoms with van der Waals surface area (Å²) in [6.07, 6.45) is 5.87. The topological polar surface area (TPSA) is 63.7 Å². The highest BCUT2D eigenvalue weighted by Crippen LogP contribution is 2.46. The summed E-state index contributed by atoms with van der Waals surface area (Å²) in [5.74, 6) is 0.448. The Kier molecular flexibility index (Phi) is 5.82. The van der Waals surface area contributed by atoms with E-state index in [1.165, 1.54) is 22.6 Å². The molecule has 5 nitrogen and oxygen atoms in total. The van der Waals surface area contributed by atoms with Crippen molar-refractivity contribution in [2.75, 3.05) is 19.7 Å². The van der Waals surface area contributed by atoms with E-state index >= 15 is 0 Å². The lowest BCUT2D eigenvalue weighted by Crippen LogP contribution is -2.46. The molecule has 0 N–H and O–H groups in total. The fourth-order valence-electron chi connectivity index (χ4n) is 3.63. The average Bonchev–Trinajstić information content (AvgIpc) is 3.45. The number of esters is 1. The molecule has 0 atom stereocenters. The predicted molar refractivity (Wildman–Crippen MR) is 102 cm³/mol. The van der Waals surface area contributed by atoms with Gasteiger partial charge in [-0.25, -0.2) is 8.42 Å². The minimum absolute atomic E-state index is 0.149. The minimum Gasteiger partial charge on any atom is -0.466 e. The van der Waals surface area contributed by atoms with E-state index in [1.54, 1.807) is 6.08 Å². The van der Waals surface area contributed by atoms with Crippen molar-refractivity contribution in [2.45, 2.75) is 39.0 Å². The summed E-state index contributed by atoms with van der Waals surface area (Å²) in [5.41, 5.74) is 0.342. The number of nitrogens with zero attached hydrogens (tertiary/aromatic N) is 1. The zero-order valence-electron chi connectivity index (χ0n) is 15.3. The third kappa shape index (κ3) is 4.54. The maximum absolute atomic E-state index is 12.6. The summed E-state index contributed by atoms with van der Waals surface area (Å²) >= 11 is 0. The van der Waals surface area contributed by atoms with Crippen LogP contribution in [0.3, 0.4) is 0 Å². The summed E-state index contributed by atoms with van der Waals surface area (Å²) < 4.78 is 32.0. The van der Waals surface area contributed by atoms with Crippen LogP contribution in [0, 0.1) is 11.3 Å². The van der Waals surface area contributed by atoms with Gasteiger partial charge < -0.3 is 4.74 Å². The van der Waals surface area contributed by atoms with Crippen LogP contribution in [-0.2, 0) is 19.6 Å². The standard InChI is InChI=1S/C20H27NO4S/c1-2-25-19(22)20(16-18-8-9-18)11-13-21(14-12-20)26(23,24)15-10-17-6-4-3-5-7-17/h3-7,10,15,18H,2,8-9,11-14,16H2,1H3/b15-10+. The van der Waals surface area contributed by atoms with E-state index in [9.17, 15) is 13.2 Å². The maximum atomic E-state index is 12.6. The lowest BCUT2D eigenvalue weighted by atomic mass is 9.74. The van der Waals surface area contributed by atoms with Crippen molar-refractivity contribution < 1.29 is 17.9 Å². The second kappa shape index (κ2) is 7.92. The van der Waals surface area contributed by atoms with Crippen molar-refractivity contribution >= 4 is 22.1 Å². The number of carbonyl (C=O) groups excluding carboxylic acids is 1. The molecule has 1 aromatic carbocycles. The van der Waals surface area contributed by atoms with Crippen LogP contribution in [0.2, 0.25) is 0 Å². The summed E-state index contributed by atoms with van der Waals surface area (Å²) in [4.78, 5) is 12.5. The van der Waals surface area contributed by atoms with Gasteiger partial charge in [-0.2, -0.15) is 4.31 Å². The highest BCUT2D eigenvalue weighted by Gasteiger charge is 2.47. The number of sulfonamides is 1. The molecule has 3 rings (SSSR count). The number of ether oxygens (including phenoxy) is 1. The maximum Gasteiger partial charge on any atom is 0.312 e. The van der Waals surface area contributed by atoms with Crippen LogP contribution < -0.4 is 0 Å². The molecule has 6 heteroatoms. The van der Waals surface area contributed by atoms with Crippen molar-refractivity contribution in [3.05, 3.63) is 41.3 Å². The molecule has 0 aromatic heterocycles. The Morgan fingerprint density at radius 2 is 1.88 bits per heavy atom. The first-order valence-electron chi connectivity index (χ1n) is 9.36. The van der Waals surface area contributed by atoms with Gasteiger partial charge in [-0.15, -0.1) is 0 Å². The van der Waals surface area contributed by atoms with Crippen LogP contribution in [0.15, 0.2) is 35.7 Å². The molecule has 0 unspecified atom stereocenters. The lowest BCUT2D eigenvalue weighted by Gasteiger charge is -2.39. The van der Waals surface area contributed by atoms with E-state index in [0.29, 0.717) is 38.5 Å². The Labute approximate surface area is 156 Å². The largest absolute Gasteiger partial charge is 0.466 e.